The fourth-order valence-electron chi connectivity index (χ4n) is 2.79. The molecule has 1 aliphatic rings. The second-order valence-electron chi connectivity index (χ2n) is 5.68. The number of hydrogen-bond donors (Lipinski definition) is 2. The van der Waals surface area contributed by atoms with Crippen LogP contribution in [-0.2, 0) is 17.6 Å². The molecule has 0 fully saturated rings. The van der Waals surface area contributed by atoms with E-state index in [1.165, 1.54) is 35.0 Å². The van der Waals surface area contributed by atoms with Crippen molar-refractivity contribution in [2.24, 2.45) is 0 Å². The molecular weight excluding hydrogens is 344 g/mol. The highest BCUT2D eigenvalue weighted by molar-refractivity contribution is 8.00. The van der Waals surface area contributed by atoms with Crippen molar-refractivity contribution >= 4 is 45.3 Å². The molecule has 0 bridgehead atoms. The summed E-state index contributed by atoms with van der Waals surface area (Å²) >= 11 is 3.12. The van der Waals surface area contributed by atoms with Crippen LogP contribution in [0.2, 0.25) is 0 Å². The van der Waals surface area contributed by atoms with Gasteiger partial charge >= 0.3 is 6.03 Å². The molecule has 1 unspecified atom stereocenters. The molecule has 0 radical (unpaired) electrons. The number of carbonyl (C=O) groups is 2. The first-order valence-electron chi connectivity index (χ1n) is 8.10. The van der Waals surface area contributed by atoms with Crippen LogP contribution in [0.1, 0.15) is 37.1 Å². The van der Waals surface area contributed by atoms with E-state index >= 15 is 0 Å². The zero-order valence-corrected chi connectivity index (χ0v) is 15.4. The Bertz CT molecular complexity index is 775. The Labute approximate surface area is 148 Å². The Hall–Kier alpha value is -1.67. The lowest BCUT2D eigenvalue weighted by atomic mass is 9.97. The van der Waals surface area contributed by atoms with Crippen molar-refractivity contribution in [3.05, 3.63) is 16.8 Å². The Kier molecular flexibility index (Phi) is 5.35. The first kappa shape index (κ1) is 17.2. The van der Waals surface area contributed by atoms with Gasteiger partial charge in [0.05, 0.1) is 5.25 Å². The number of rotatable bonds is 4. The summed E-state index contributed by atoms with van der Waals surface area (Å²) in [5.74, 6) is -0.318. The third-order valence-corrected chi connectivity index (χ3v) is 6.25. The lowest BCUT2D eigenvalue weighted by Gasteiger charge is -2.13. The Balaban J connectivity index is 1.81. The van der Waals surface area contributed by atoms with Crippen LogP contribution in [0, 0.1) is 0 Å². The third-order valence-electron chi connectivity index (χ3n) is 3.95. The normalized spacial score (nSPS) is 14.9. The van der Waals surface area contributed by atoms with Crippen molar-refractivity contribution in [1.82, 2.24) is 20.6 Å². The molecule has 8 heteroatoms. The number of urea groups is 1. The van der Waals surface area contributed by atoms with E-state index in [9.17, 15) is 9.59 Å². The van der Waals surface area contributed by atoms with Crippen molar-refractivity contribution in [3.63, 3.8) is 0 Å². The van der Waals surface area contributed by atoms with E-state index < -0.39 is 11.3 Å². The zero-order chi connectivity index (χ0) is 17.1. The largest absolute Gasteiger partial charge is 0.338 e. The molecule has 1 atom stereocenters. The predicted molar refractivity (Wildman–Crippen MR) is 96.6 cm³/mol. The highest BCUT2D eigenvalue weighted by atomic mass is 32.2. The maximum absolute atomic E-state index is 12.2. The Morgan fingerprint density at radius 3 is 2.92 bits per heavy atom. The number of fused-ring (bicyclic) bond motifs is 3. The van der Waals surface area contributed by atoms with Gasteiger partial charge in [-0.1, -0.05) is 11.8 Å². The minimum atomic E-state index is -0.462. The SMILES string of the molecule is CCNC(=O)NC(=O)C(C)Sc1ncnc2sc3c(c12)CCCC3. The average molecular weight is 364 g/mol. The number of imide groups is 1. The second-order valence-corrected chi connectivity index (χ2v) is 8.09. The maximum Gasteiger partial charge on any atom is 0.321 e. The number of nitrogens with zero attached hydrogens (tertiary/aromatic N) is 2. The van der Waals surface area contributed by atoms with Gasteiger partial charge in [0.25, 0.3) is 0 Å². The molecule has 3 rings (SSSR count). The van der Waals surface area contributed by atoms with Crippen LogP contribution in [0.25, 0.3) is 10.2 Å². The molecular formula is C16H20N4O2S2. The summed E-state index contributed by atoms with van der Waals surface area (Å²) in [5.41, 5.74) is 1.35. The number of nitrogens with one attached hydrogen (secondary N) is 2. The number of aromatic nitrogens is 2. The molecule has 2 heterocycles. The molecule has 24 heavy (non-hydrogen) atoms. The summed E-state index contributed by atoms with van der Waals surface area (Å²) in [6, 6.07) is -0.462. The average Bonchev–Trinajstić information content (AvgIpc) is 2.94. The number of aryl methyl sites for hydroxylation is 2. The molecule has 2 aromatic rings. The number of thioether (sulfide) groups is 1. The lowest BCUT2D eigenvalue weighted by Crippen LogP contribution is -2.42. The van der Waals surface area contributed by atoms with E-state index in [1.54, 1.807) is 31.5 Å². The molecule has 3 amide bonds. The topological polar surface area (TPSA) is 84.0 Å². The van der Waals surface area contributed by atoms with E-state index in [-0.39, 0.29) is 5.91 Å². The summed E-state index contributed by atoms with van der Waals surface area (Å²) < 4.78 is 0. The Morgan fingerprint density at radius 2 is 2.12 bits per heavy atom. The highest BCUT2D eigenvalue weighted by Gasteiger charge is 2.23. The molecule has 0 saturated heterocycles. The van der Waals surface area contributed by atoms with Gasteiger partial charge in [0, 0.05) is 16.8 Å². The van der Waals surface area contributed by atoms with Crippen molar-refractivity contribution < 1.29 is 9.59 Å². The van der Waals surface area contributed by atoms with Crippen molar-refractivity contribution in [1.29, 1.82) is 0 Å². The Morgan fingerprint density at radius 1 is 1.33 bits per heavy atom. The van der Waals surface area contributed by atoms with Crippen LogP contribution in [0.4, 0.5) is 4.79 Å². The standard InChI is InChI=1S/C16H20N4O2S2/c1-3-17-16(22)20-13(21)9(2)23-14-12-10-6-4-5-7-11(10)24-15(12)19-8-18-14/h8-9H,3-7H2,1-2H3,(H2,17,20,21,22). The lowest BCUT2D eigenvalue weighted by molar-refractivity contribution is -0.119. The maximum atomic E-state index is 12.2. The van der Waals surface area contributed by atoms with Crippen LogP contribution in [0.15, 0.2) is 11.4 Å². The number of thiophene rings is 1. The predicted octanol–water partition coefficient (Wildman–Crippen LogP) is 2.90. The summed E-state index contributed by atoms with van der Waals surface area (Å²) in [6.45, 7) is 4.07. The van der Waals surface area contributed by atoms with E-state index in [0.29, 0.717) is 6.54 Å². The fraction of sp³-hybridized carbons (Fsp3) is 0.500. The first-order valence-corrected chi connectivity index (χ1v) is 9.80. The van der Waals surface area contributed by atoms with Gasteiger partial charge in [-0.15, -0.1) is 11.3 Å². The monoisotopic (exact) mass is 364 g/mol. The minimum absolute atomic E-state index is 0.318. The summed E-state index contributed by atoms with van der Waals surface area (Å²) in [6.07, 6.45) is 6.12. The molecule has 2 aromatic heterocycles. The molecule has 2 N–H and O–H groups in total. The molecule has 0 saturated carbocycles. The van der Waals surface area contributed by atoms with Crippen LogP contribution in [-0.4, -0.2) is 33.7 Å². The van der Waals surface area contributed by atoms with Gasteiger partial charge in [0.2, 0.25) is 5.91 Å². The van der Waals surface area contributed by atoms with Gasteiger partial charge < -0.3 is 5.32 Å². The van der Waals surface area contributed by atoms with Gasteiger partial charge in [0.1, 0.15) is 16.2 Å². The van der Waals surface area contributed by atoms with Gasteiger partial charge in [-0.3, -0.25) is 10.1 Å². The summed E-state index contributed by atoms with van der Waals surface area (Å²) in [5, 5.41) is 6.43. The molecule has 128 valence electrons. The second kappa shape index (κ2) is 7.48. The molecule has 0 spiro atoms. The molecule has 6 nitrogen and oxygen atoms in total. The minimum Gasteiger partial charge on any atom is -0.338 e. The zero-order valence-electron chi connectivity index (χ0n) is 13.7. The van der Waals surface area contributed by atoms with Gasteiger partial charge in [-0.2, -0.15) is 0 Å². The van der Waals surface area contributed by atoms with Crippen LogP contribution in [0.3, 0.4) is 0 Å². The van der Waals surface area contributed by atoms with E-state index in [2.05, 4.69) is 20.6 Å². The van der Waals surface area contributed by atoms with Crippen molar-refractivity contribution in [3.8, 4) is 0 Å². The van der Waals surface area contributed by atoms with Crippen LogP contribution >= 0.6 is 23.1 Å². The van der Waals surface area contributed by atoms with Gasteiger partial charge in [0.15, 0.2) is 0 Å². The van der Waals surface area contributed by atoms with Gasteiger partial charge in [-0.05, 0) is 45.1 Å². The highest BCUT2D eigenvalue weighted by Crippen LogP contribution is 2.40. The van der Waals surface area contributed by atoms with Crippen molar-refractivity contribution in [2.75, 3.05) is 6.54 Å². The third kappa shape index (κ3) is 3.54. The molecule has 1 aliphatic carbocycles. The first-order chi connectivity index (χ1) is 11.6. The molecule has 0 aliphatic heterocycles. The smallest absolute Gasteiger partial charge is 0.321 e. The molecule has 0 aromatic carbocycles. The number of amides is 3. The van der Waals surface area contributed by atoms with Crippen molar-refractivity contribution in [2.45, 2.75) is 49.8 Å². The number of hydrogen-bond acceptors (Lipinski definition) is 6. The quantitative estimate of drug-likeness (QED) is 0.644. The van der Waals surface area contributed by atoms with E-state index in [4.69, 9.17) is 0 Å². The van der Waals surface area contributed by atoms with Gasteiger partial charge in [-0.25, -0.2) is 14.8 Å². The van der Waals surface area contributed by atoms with E-state index in [0.717, 1.165) is 28.1 Å². The van der Waals surface area contributed by atoms with E-state index in [1.807, 2.05) is 0 Å². The fourth-order valence-corrected chi connectivity index (χ4v) is 5.03. The summed E-state index contributed by atoms with van der Waals surface area (Å²) in [4.78, 5) is 34.9. The summed E-state index contributed by atoms with van der Waals surface area (Å²) in [7, 11) is 0. The number of carbonyl (C=O) groups excluding carboxylic acids is 2. The van der Waals surface area contributed by atoms with Crippen LogP contribution in [0.5, 0.6) is 0 Å². The van der Waals surface area contributed by atoms with Crippen LogP contribution < -0.4 is 10.6 Å².